The average Bonchev–Trinajstić information content (AvgIpc) is 2.86. The number of H-pyrrole nitrogens is 1. The molecule has 2 aromatic rings. The highest BCUT2D eigenvalue weighted by Gasteiger charge is 2.16. The summed E-state index contributed by atoms with van der Waals surface area (Å²) in [6.07, 6.45) is 2.90. The van der Waals surface area contributed by atoms with E-state index in [9.17, 15) is 0 Å². The molecule has 0 aliphatic carbocycles. The molecule has 1 aliphatic rings. The van der Waals surface area contributed by atoms with Crippen LogP contribution < -0.4 is 10.6 Å². The van der Waals surface area contributed by atoms with E-state index in [1.54, 1.807) is 6.20 Å². The van der Waals surface area contributed by atoms with Gasteiger partial charge in [0.2, 0.25) is 0 Å². The molecule has 82 valence electrons. The summed E-state index contributed by atoms with van der Waals surface area (Å²) in [5, 5.41) is 6.71. The molecule has 0 atom stereocenters. The number of nitrogens with two attached hydrogens (primary N) is 1. The third-order valence-electron chi connectivity index (χ3n) is 3.19. The van der Waals surface area contributed by atoms with Crippen LogP contribution in [0.25, 0.3) is 11.1 Å². The lowest BCUT2D eigenvalue weighted by molar-refractivity contribution is 0.956. The molecule has 3 N–H and O–H groups in total. The van der Waals surface area contributed by atoms with Gasteiger partial charge < -0.3 is 10.6 Å². The Balaban J connectivity index is 2.11. The molecule has 1 aromatic carbocycles. The molecule has 0 amide bonds. The number of hydrogen-bond acceptors (Lipinski definition) is 3. The molecule has 0 saturated heterocycles. The fraction of sp³-hybridized carbons (Fsp3) is 0.250. The lowest BCUT2D eigenvalue weighted by atomic mass is 10.0. The molecule has 2 heterocycles. The zero-order valence-corrected chi connectivity index (χ0v) is 9.20. The SMILES string of the molecule is CN1CCc2ccc(-c3cn[nH]c3N)cc21. The average molecular weight is 214 g/mol. The Morgan fingerprint density at radius 2 is 2.31 bits per heavy atom. The van der Waals surface area contributed by atoms with Crippen molar-refractivity contribution < 1.29 is 0 Å². The molecule has 0 bridgehead atoms. The van der Waals surface area contributed by atoms with Crippen molar-refractivity contribution in [2.45, 2.75) is 6.42 Å². The Labute approximate surface area is 94.1 Å². The Bertz CT molecular complexity index is 530. The first-order valence-corrected chi connectivity index (χ1v) is 5.39. The van der Waals surface area contributed by atoms with E-state index in [0.29, 0.717) is 5.82 Å². The molecule has 1 aliphatic heterocycles. The van der Waals surface area contributed by atoms with Crippen molar-refractivity contribution in [2.75, 3.05) is 24.2 Å². The third-order valence-corrected chi connectivity index (χ3v) is 3.19. The van der Waals surface area contributed by atoms with Crippen molar-refractivity contribution in [1.82, 2.24) is 10.2 Å². The number of anilines is 2. The second-order valence-corrected chi connectivity index (χ2v) is 4.21. The van der Waals surface area contributed by atoms with E-state index in [0.717, 1.165) is 24.1 Å². The fourth-order valence-electron chi connectivity index (χ4n) is 2.23. The van der Waals surface area contributed by atoms with Gasteiger partial charge in [-0.3, -0.25) is 5.10 Å². The summed E-state index contributed by atoms with van der Waals surface area (Å²) in [6, 6.07) is 6.48. The Hall–Kier alpha value is -1.97. The van der Waals surface area contributed by atoms with Crippen molar-refractivity contribution in [2.24, 2.45) is 0 Å². The topological polar surface area (TPSA) is 57.9 Å². The zero-order valence-electron chi connectivity index (χ0n) is 9.20. The van der Waals surface area contributed by atoms with Crippen molar-refractivity contribution in [3.8, 4) is 11.1 Å². The van der Waals surface area contributed by atoms with E-state index in [2.05, 4.69) is 40.3 Å². The number of nitrogen functional groups attached to an aromatic ring is 1. The van der Waals surface area contributed by atoms with Gasteiger partial charge in [-0.2, -0.15) is 5.10 Å². The molecule has 4 nitrogen and oxygen atoms in total. The van der Waals surface area contributed by atoms with Crippen LogP contribution in [0.3, 0.4) is 0 Å². The van der Waals surface area contributed by atoms with Crippen molar-refractivity contribution in [3.63, 3.8) is 0 Å². The maximum atomic E-state index is 5.82. The summed E-state index contributed by atoms with van der Waals surface area (Å²) < 4.78 is 0. The van der Waals surface area contributed by atoms with Crippen LogP contribution in [-0.2, 0) is 6.42 Å². The predicted molar refractivity (Wildman–Crippen MR) is 65.4 cm³/mol. The molecule has 0 saturated carbocycles. The van der Waals surface area contributed by atoms with E-state index < -0.39 is 0 Å². The Kier molecular flexibility index (Phi) is 1.89. The standard InChI is InChI=1S/C12H14N4/c1-16-5-4-8-2-3-9(6-11(8)16)10-7-14-15-12(10)13/h2-3,6-7H,4-5H2,1H3,(H3,13,14,15). The summed E-state index contributed by atoms with van der Waals surface area (Å²) in [7, 11) is 2.12. The summed E-state index contributed by atoms with van der Waals surface area (Å²) in [4.78, 5) is 2.27. The van der Waals surface area contributed by atoms with Crippen LogP contribution in [0, 0.1) is 0 Å². The minimum Gasteiger partial charge on any atom is -0.384 e. The molecule has 0 unspecified atom stereocenters. The highest BCUT2D eigenvalue weighted by Crippen LogP contribution is 2.33. The van der Waals surface area contributed by atoms with Crippen LogP contribution >= 0.6 is 0 Å². The van der Waals surface area contributed by atoms with Gasteiger partial charge in [-0.25, -0.2) is 0 Å². The number of aromatic nitrogens is 2. The van der Waals surface area contributed by atoms with Gasteiger partial charge in [0.25, 0.3) is 0 Å². The minimum absolute atomic E-state index is 0.626. The number of benzene rings is 1. The monoisotopic (exact) mass is 214 g/mol. The smallest absolute Gasteiger partial charge is 0.126 e. The highest BCUT2D eigenvalue weighted by atomic mass is 15.1. The minimum atomic E-state index is 0.626. The molecular formula is C12H14N4. The molecule has 0 spiro atoms. The van der Waals surface area contributed by atoms with Gasteiger partial charge in [0.1, 0.15) is 5.82 Å². The third kappa shape index (κ3) is 1.26. The van der Waals surface area contributed by atoms with Crippen molar-refractivity contribution >= 4 is 11.5 Å². The van der Waals surface area contributed by atoms with Crippen LogP contribution in [0.4, 0.5) is 11.5 Å². The highest BCUT2D eigenvalue weighted by molar-refractivity contribution is 5.77. The van der Waals surface area contributed by atoms with Gasteiger partial charge in [0, 0.05) is 24.8 Å². The van der Waals surface area contributed by atoms with Crippen molar-refractivity contribution in [1.29, 1.82) is 0 Å². The summed E-state index contributed by atoms with van der Waals surface area (Å²) in [5.41, 5.74) is 10.6. The van der Waals surface area contributed by atoms with Gasteiger partial charge in [-0.05, 0) is 23.6 Å². The molecule has 16 heavy (non-hydrogen) atoms. The van der Waals surface area contributed by atoms with Gasteiger partial charge in [-0.15, -0.1) is 0 Å². The molecule has 1 aromatic heterocycles. The first-order valence-electron chi connectivity index (χ1n) is 5.39. The number of likely N-dealkylation sites (N-methyl/N-ethyl adjacent to an activating group) is 1. The van der Waals surface area contributed by atoms with Gasteiger partial charge in [0.05, 0.1) is 6.20 Å². The van der Waals surface area contributed by atoms with Crippen molar-refractivity contribution in [3.05, 3.63) is 30.0 Å². The largest absolute Gasteiger partial charge is 0.384 e. The van der Waals surface area contributed by atoms with E-state index >= 15 is 0 Å². The number of rotatable bonds is 1. The predicted octanol–water partition coefficient (Wildman–Crippen LogP) is 1.65. The number of hydrogen-bond donors (Lipinski definition) is 2. The number of nitrogens with zero attached hydrogens (tertiary/aromatic N) is 2. The Morgan fingerprint density at radius 3 is 3.06 bits per heavy atom. The molecular weight excluding hydrogens is 200 g/mol. The maximum Gasteiger partial charge on any atom is 0.126 e. The summed E-state index contributed by atoms with van der Waals surface area (Å²) >= 11 is 0. The Morgan fingerprint density at radius 1 is 1.44 bits per heavy atom. The zero-order chi connectivity index (χ0) is 11.1. The van der Waals surface area contributed by atoms with Gasteiger partial charge >= 0.3 is 0 Å². The molecule has 0 radical (unpaired) electrons. The molecule has 0 fully saturated rings. The lowest BCUT2D eigenvalue weighted by Gasteiger charge is -2.12. The molecule has 3 rings (SSSR count). The van der Waals surface area contributed by atoms with Crippen LogP contribution in [0.2, 0.25) is 0 Å². The van der Waals surface area contributed by atoms with Crippen LogP contribution in [-0.4, -0.2) is 23.8 Å². The van der Waals surface area contributed by atoms with Crippen LogP contribution in [0.15, 0.2) is 24.4 Å². The van der Waals surface area contributed by atoms with Crippen LogP contribution in [0.5, 0.6) is 0 Å². The lowest BCUT2D eigenvalue weighted by Crippen LogP contribution is -2.12. The van der Waals surface area contributed by atoms with Gasteiger partial charge in [-0.1, -0.05) is 12.1 Å². The number of nitrogens with one attached hydrogen (secondary N) is 1. The maximum absolute atomic E-state index is 5.82. The van der Waals surface area contributed by atoms with E-state index in [1.165, 1.54) is 11.3 Å². The van der Waals surface area contributed by atoms with E-state index in [-0.39, 0.29) is 0 Å². The molecule has 4 heteroatoms. The normalized spacial score (nSPS) is 14.2. The summed E-state index contributed by atoms with van der Waals surface area (Å²) in [6.45, 7) is 1.10. The second-order valence-electron chi connectivity index (χ2n) is 4.21. The van der Waals surface area contributed by atoms with E-state index in [4.69, 9.17) is 5.73 Å². The first kappa shape index (κ1) is 9.27. The number of fused-ring (bicyclic) bond motifs is 1. The van der Waals surface area contributed by atoms with Gasteiger partial charge in [0.15, 0.2) is 0 Å². The van der Waals surface area contributed by atoms with E-state index in [1.807, 2.05) is 0 Å². The quantitative estimate of drug-likeness (QED) is 0.759. The number of aromatic amines is 1. The van der Waals surface area contributed by atoms with Crippen LogP contribution in [0.1, 0.15) is 5.56 Å². The first-order chi connectivity index (χ1) is 7.75. The second kappa shape index (κ2) is 3.27. The summed E-state index contributed by atoms with van der Waals surface area (Å²) in [5.74, 6) is 0.626. The fourth-order valence-corrected chi connectivity index (χ4v) is 2.23.